The van der Waals surface area contributed by atoms with E-state index in [-0.39, 0.29) is 23.8 Å². The minimum absolute atomic E-state index is 0.134. The number of hydrazine groups is 1. The molecule has 126 valence electrons. The van der Waals surface area contributed by atoms with Gasteiger partial charge in [0.25, 0.3) is 5.91 Å². The van der Waals surface area contributed by atoms with Crippen molar-refractivity contribution in [3.8, 4) is 0 Å². The molecule has 0 aliphatic heterocycles. The smallest absolute Gasteiger partial charge is 0.273 e. The number of halogens is 1. The number of hydrogen-bond donors (Lipinski definition) is 2. The highest BCUT2D eigenvalue weighted by atomic mass is 19.1. The molecule has 6 heteroatoms. The van der Waals surface area contributed by atoms with Gasteiger partial charge >= 0.3 is 0 Å². The molecular weight excluding hydrogens is 321 g/mol. The highest BCUT2D eigenvalue weighted by Crippen LogP contribution is 2.11. The van der Waals surface area contributed by atoms with Gasteiger partial charge in [0.15, 0.2) is 0 Å². The molecule has 0 spiro atoms. The average Bonchev–Trinajstić information content (AvgIpc) is 2.64. The fraction of sp³-hybridized carbons (Fsp3) is 0.105. The number of amides is 2. The van der Waals surface area contributed by atoms with Crippen molar-refractivity contribution < 1.29 is 14.0 Å². The van der Waals surface area contributed by atoms with Crippen LogP contribution in [0.25, 0.3) is 10.9 Å². The second-order valence-electron chi connectivity index (χ2n) is 5.52. The third-order valence-corrected chi connectivity index (χ3v) is 3.68. The zero-order valence-electron chi connectivity index (χ0n) is 13.3. The summed E-state index contributed by atoms with van der Waals surface area (Å²) in [6.07, 6.45) is 0.516. The van der Waals surface area contributed by atoms with Crippen LogP contribution >= 0.6 is 0 Å². The standard InChI is InChI=1S/C19H16FN3O2/c20-15-6-3-4-13(12-15)8-11-18(24)22-23-19(25)17-10-9-14-5-1-2-7-16(14)21-17/h1-7,9-10,12H,8,11H2,(H,22,24)(H,23,25). The highest BCUT2D eigenvalue weighted by Gasteiger charge is 2.09. The van der Waals surface area contributed by atoms with Crippen molar-refractivity contribution in [2.24, 2.45) is 0 Å². The van der Waals surface area contributed by atoms with Gasteiger partial charge in [0.05, 0.1) is 5.52 Å². The number of para-hydroxylation sites is 1. The number of aryl methyl sites for hydroxylation is 1. The Kier molecular flexibility index (Phi) is 4.99. The normalized spacial score (nSPS) is 10.4. The summed E-state index contributed by atoms with van der Waals surface area (Å²) in [5.74, 6) is -1.20. The second kappa shape index (κ2) is 7.53. The first kappa shape index (κ1) is 16.6. The van der Waals surface area contributed by atoms with Crippen molar-refractivity contribution in [2.75, 3.05) is 0 Å². The van der Waals surface area contributed by atoms with Gasteiger partial charge < -0.3 is 0 Å². The van der Waals surface area contributed by atoms with Crippen LogP contribution in [0.1, 0.15) is 22.5 Å². The number of nitrogens with one attached hydrogen (secondary N) is 2. The van der Waals surface area contributed by atoms with E-state index in [2.05, 4.69) is 15.8 Å². The van der Waals surface area contributed by atoms with E-state index >= 15 is 0 Å². The minimum Gasteiger partial charge on any atom is -0.273 e. The Morgan fingerprint density at radius 3 is 2.64 bits per heavy atom. The summed E-state index contributed by atoms with van der Waals surface area (Å²) < 4.78 is 13.1. The SMILES string of the molecule is O=C(CCc1cccc(F)c1)NNC(=O)c1ccc2ccccc2n1. The number of carbonyl (C=O) groups is 2. The summed E-state index contributed by atoms with van der Waals surface area (Å²) in [6.45, 7) is 0. The molecule has 0 fully saturated rings. The molecule has 0 unspecified atom stereocenters. The Morgan fingerprint density at radius 1 is 0.960 bits per heavy atom. The third-order valence-electron chi connectivity index (χ3n) is 3.68. The largest absolute Gasteiger partial charge is 0.288 e. The maximum absolute atomic E-state index is 13.1. The van der Waals surface area contributed by atoms with Gasteiger partial charge in [0.2, 0.25) is 5.91 Å². The van der Waals surface area contributed by atoms with Gasteiger partial charge in [-0.3, -0.25) is 20.4 Å². The maximum Gasteiger partial charge on any atom is 0.288 e. The number of aromatic nitrogens is 1. The summed E-state index contributed by atoms with van der Waals surface area (Å²) >= 11 is 0. The van der Waals surface area contributed by atoms with Gasteiger partial charge in [0.1, 0.15) is 11.5 Å². The van der Waals surface area contributed by atoms with Crippen LogP contribution in [0.3, 0.4) is 0 Å². The van der Waals surface area contributed by atoms with E-state index in [1.807, 2.05) is 24.3 Å². The number of nitrogens with zero attached hydrogens (tertiary/aromatic N) is 1. The first-order valence-electron chi connectivity index (χ1n) is 7.81. The predicted octanol–water partition coefficient (Wildman–Crippen LogP) is 2.77. The molecule has 0 bridgehead atoms. The molecule has 0 aliphatic rings. The van der Waals surface area contributed by atoms with Crippen molar-refractivity contribution in [3.05, 3.63) is 77.7 Å². The molecule has 0 aliphatic carbocycles. The zero-order chi connectivity index (χ0) is 17.6. The predicted molar refractivity (Wildman–Crippen MR) is 92.1 cm³/mol. The van der Waals surface area contributed by atoms with E-state index < -0.39 is 5.91 Å². The zero-order valence-corrected chi connectivity index (χ0v) is 13.3. The lowest BCUT2D eigenvalue weighted by Crippen LogP contribution is -2.42. The number of rotatable bonds is 4. The average molecular weight is 337 g/mol. The highest BCUT2D eigenvalue weighted by molar-refractivity contribution is 5.95. The quantitative estimate of drug-likeness (QED) is 0.719. The molecule has 2 amide bonds. The summed E-state index contributed by atoms with van der Waals surface area (Å²) in [4.78, 5) is 28.1. The Hall–Kier alpha value is -3.28. The molecule has 0 saturated carbocycles. The Balaban J connectivity index is 1.53. The maximum atomic E-state index is 13.1. The summed E-state index contributed by atoms with van der Waals surface area (Å²) in [7, 11) is 0. The van der Waals surface area contributed by atoms with Crippen LogP contribution in [0.5, 0.6) is 0 Å². The summed E-state index contributed by atoms with van der Waals surface area (Å²) in [5.41, 5.74) is 6.31. The van der Waals surface area contributed by atoms with Crippen LogP contribution in [0, 0.1) is 5.82 Å². The number of hydrogen-bond acceptors (Lipinski definition) is 3. The summed E-state index contributed by atoms with van der Waals surface area (Å²) in [6, 6.07) is 16.9. The molecule has 3 rings (SSSR count). The lowest BCUT2D eigenvalue weighted by atomic mass is 10.1. The first-order valence-corrected chi connectivity index (χ1v) is 7.81. The minimum atomic E-state index is -0.496. The molecule has 5 nitrogen and oxygen atoms in total. The Bertz CT molecular complexity index is 927. The van der Waals surface area contributed by atoms with Crippen LogP contribution in [0.4, 0.5) is 4.39 Å². The first-order chi connectivity index (χ1) is 12.1. The molecule has 25 heavy (non-hydrogen) atoms. The second-order valence-corrected chi connectivity index (χ2v) is 5.52. The van der Waals surface area contributed by atoms with Gasteiger partial charge in [-0.05, 0) is 36.2 Å². The summed E-state index contributed by atoms with van der Waals surface area (Å²) in [5, 5.41) is 0.929. The van der Waals surface area contributed by atoms with Crippen molar-refractivity contribution >= 4 is 22.7 Å². The molecule has 2 aromatic carbocycles. The van der Waals surface area contributed by atoms with Gasteiger partial charge in [-0.1, -0.05) is 36.4 Å². The Morgan fingerprint density at radius 2 is 1.80 bits per heavy atom. The number of pyridine rings is 1. The van der Waals surface area contributed by atoms with Crippen molar-refractivity contribution in [2.45, 2.75) is 12.8 Å². The van der Waals surface area contributed by atoms with E-state index in [1.165, 1.54) is 12.1 Å². The van der Waals surface area contributed by atoms with Gasteiger partial charge in [0, 0.05) is 11.8 Å². The fourth-order valence-electron chi connectivity index (χ4n) is 2.40. The molecule has 0 saturated heterocycles. The van der Waals surface area contributed by atoms with E-state index in [4.69, 9.17) is 0 Å². The van der Waals surface area contributed by atoms with E-state index in [9.17, 15) is 14.0 Å². The number of benzene rings is 2. The van der Waals surface area contributed by atoms with Crippen LogP contribution in [-0.4, -0.2) is 16.8 Å². The van der Waals surface area contributed by atoms with E-state index in [0.29, 0.717) is 11.9 Å². The van der Waals surface area contributed by atoms with Gasteiger partial charge in [-0.2, -0.15) is 0 Å². The molecule has 0 atom stereocenters. The van der Waals surface area contributed by atoms with Crippen LogP contribution < -0.4 is 10.9 Å². The molecule has 2 N–H and O–H groups in total. The molecule has 0 radical (unpaired) electrons. The Labute approximate surface area is 143 Å². The lowest BCUT2D eigenvalue weighted by Gasteiger charge is -2.08. The van der Waals surface area contributed by atoms with Crippen LogP contribution in [-0.2, 0) is 11.2 Å². The lowest BCUT2D eigenvalue weighted by molar-refractivity contribution is -0.121. The van der Waals surface area contributed by atoms with Crippen molar-refractivity contribution in [1.29, 1.82) is 0 Å². The van der Waals surface area contributed by atoms with E-state index in [1.54, 1.807) is 24.3 Å². The van der Waals surface area contributed by atoms with Crippen LogP contribution in [0.2, 0.25) is 0 Å². The molecule has 1 heterocycles. The topological polar surface area (TPSA) is 71.1 Å². The van der Waals surface area contributed by atoms with Crippen molar-refractivity contribution in [3.63, 3.8) is 0 Å². The molecule has 3 aromatic rings. The van der Waals surface area contributed by atoms with Gasteiger partial charge in [-0.15, -0.1) is 0 Å². The van der Waals surface area contributed by atoms with Gasteiger partial charge in [-0.25, -0.2) is 9.37 Å². The van der Waals surface area contributed by atoms with Crippen molar-refractivity contribution in [1.82, 2.24) is 15.8 Å². The third kappa shape index (κ3) is 4.38. The monoisotopic (exact) mass is 337 g/mol. The number of carbonyl (C=O) groups excluding carboxylic acids is 2. The van der Waals surface area contributed by atoms with E-state index in [0.717, 1.165) is 10.9 Å². The fourth-order valence-corrected chi connectivity index (χ4v) is 2.40. The van der Waals surface area contributed by atoms with Crippen LogP contribution in [0.15, 0.2) is 60.7 Å². The number of fused-ring (bicyclic) bond motifs is 1. The molecular formula is C19H16FN3O2. The molecule has 1 aromatic heterocycles.